The molecule has 0 fully saturated rings. The minimum atomic E-state index is -1.46. The molecule has 1 aliphatic rings. The number of carbonyl (C=O) groups excluding carboxylic acids is 3. The molecule has 0 aliphatic carbocycles. The number of aliphatic carboxylic acids is 1. The lowest BCUT2D eigenvalue weighted by atomic mass is 10.1. The standard InChI is InChI=1S/C15H13NO6/c1-2-7-22-15(21)11(8-12(17)18)16-13(19)9-5-3-4-6-10(9)14(16)20/h3-6,8H,2,7H2,1H3,(H,17,18)/b11-8-. The van der Waals surface area contributed by atoms with E-state index in [1.54, 1.807) is 19.1 Å². The third kappa shape index (κ3) is 2.73. The number of hydrogen-bond donors (Lipinski definition) is 1. The number of carbonyl (C=O) groups is 4. The second kappa shape index (κ2) is 6.21. The van der Waals surface area contributed by atoms with Gasteiger partial charge in [0.05, 0.1) is 23.8 Å². The van der Waals surface area contributed by atoms with Crippen molar-refractivity contribution >= 4 is 23.8 Å². The van der Waals surface area contributed by atoms with Gasteiger partial charge < -0.3 is 9.84 Å². The fourth-order valence-corrected chi connectivity index (χ4v) is 2.01. The van der Waals surface area contributed by atoms with Gasteiger partial charge in [0.1, 0.15) is 5.70 Å². The normalized spacial score (nSPS) is 14.0. The predicted octanol–water partition coefficient (Wildman–Crippen LogP) is 1.20. The summed E-state index contributed by atoms with van der Waals surface area (Å²) in [5, 5.41) is 8.87. The van der Waals surface area contributed by atoms with Crippen LogP contribution in [0.4, 0.5) is 0 Å². The van der Waals surface area contributed by atoms with Crippen LogP contribution in [0.15, 0.2) is 36.0 Å². The van der Waals surface area contributed by atoms with E-state index in [0.29, 0.717) is 17.4 Å². The fourth-order valence-electron chi connectivity index (χ4n) is 2.01. The highest BCUT2D eigenvalue weighted by Crippen LogP contribution is 2.26. The Hall–Kier alpha value is -2.96. The van der Waals surface area contributed by atoms with Crippen molar-refractivity contribution in [2.24, 2.45) is 0 Å². The minimum absolute atomic E-state index is 0.0545. The molecule has 1 N–H and O–H groups in total. The van der Waals surface area contributed by atoms with Crippen molar-refractivity contribution in [3.8, 4) is 0 Å². The Morgan fingerprint density at radius 1 is 1.18 bits per heavy atom. The first-order valence-electron chi connectivity index (χ1n) is 6.57. The zero-order valence-electron chi connectivity index (χ0n) is 11.7. The third-order valence-electron chi connectivity index (χ3n) is 2.94. The Labute approximate surface area is 125 Å². The molecule has 0 unspecified atom stereocenters. The van der Waals surface area contributed by atoms with Gasteiger partial charge in [-0.05, 0) is 18.6 Å². The van der Waals surface area contributed by atoms with Crippen LogP contribution in [0.1, 0.15) is 34.1 Å². The molecule has 0 saturated carbocycles. The smallest absolute Gasteiger partial charge is 0.355 e. The molecule has 1 aliphatic heterocycles. The van der Waals surface area contributed by atoms with Crippen LogP contribution in [0, 0.1) is 0 Å². The number of fused-ring (bicyclic) bond motifs is 1. The number of benzene rings is 1. The number of carboxylic acids is 1. The largest absolute Gasteiger partial charge is 0.478 e. The van der Waals surface area contributed by atoms with Gasteiger partial charge in [0, 0.05) is 0 Å². The highest BCUT2D eigenvalue weighted by Gasteiger charge is 2.40. The molecular formula is C15H13NO6. The summed E-state index contributed by atoms with van der Waals surface area (Å²) in [6.45, 7) is 1.81. The Balaban J connectivity index is 2.42. The molecule has 0 atom stereocenters. The molecular weight excluding hydrogens is 290 g/mol. The molecule has 0 aromatic heterocycles. The number of ether oxygens (including phenoxy) is 1. The van der Waals surface area contributed by atoms with Crippen molar-refractivity contribution in [2.45, 2.75) is 13.3 Å². The van der Waals surface area contributed by atoms with E-state index in [-0.39, 0.29) is 17.7 Å². The van der Waals surface area contributed by atoms with Crippen LogP contribution in [-0.4, -0.2) is 40.4 Å². The number of carboxylic acid groups (broad SMARTS) is 1. The molecule has 2 amide bonds. The molecule has 1 aromatic rings. The van der Waals surface area contributed by atoms with E-state index in [1.807, 2.05) is 0 Å². The van der Waals surface area contributed by atoms with Crippen molar-refractivity contribution < 1.29 is 29.0 Å². The van der Waals surface area contributed by atoms with Crippen molar-refractivity contribution in [3.05, 3.63) is 47.2 Å². The number of rotatable bonds is 5. The van der Waals surface area contributed by atoms with Gasteiger partial charge in [-0.2, -0.15) is 0 Å². The summed E-state index contributed by atoms with van der Waals surface area (Å²) in [6.07, 6.45) is 1.02. The summed E-state index contributed by atoms with van der Waals surface area (Å²) < 4.78 is 4.85. The SMILES string of the molecule is CCCOC(=O)/C(=C/C(=O)O)N1C(=O)c2ccccc2C1=O. The number of imide groups is 1. The summed E-state index contributed by atoms with van der Waals surface area (Å²) in [5.74, 6) is -3.98. The summed E-state index contributed by atoms with van der Waals surface area (Å²) in [4.78, 5) is 47.9. The topological polar surface area (TPSA) is 101 Å². The predicted molar refractivity (Wildman–Crippen MR) is 73.9 cm³/mol. The Bertz CT molecular complexity index is 656. The lowest BCUT2D eigenvalue weighted by Crippen LogP contribution is -2.34. The zero-order chi connectivity index (χ0) is 16.3. The second-order valence-electron chi connectivity index (χ2n) is 4.50. The van der Waals surface area contributed by atoms with Crippen molar-refractivity contribution in [2.75, 3.05) is 6.61 Å². The second-order valence-corrected chi connectivity index (χ2v) is 4.50. The first kappa shape index (κ1) is 15.4. The van der Waals surface area contributed by atoms with Gasteiger partial charge in [-0.15, -0.1) is 0 Å². The Morgan fingerprint density at radius 3 is 2.18 bits per heavy atom. The average Bonchev–Trinajstić information content (AvgIpc) is 2.74. The fraction of sp³-hybridized carbons (Fsp3) is 0.200. The van der Waals surface area contributed by atoms with E-state index in [2.05, 4.69) is 0 Å². The quantitative estimate of drug-likeness (QED) is 0.498. The van der Waals surface area contributed by atoms with Gasteiger partial charge in [-0.25, -0.2) is 14.5 Å². The maximum atomic E-state index is 12.3. The van der Waals surface area contributed by atoms with Crippen LogP contribution in [0.5, 0.6) is 0 Å². The molecule has 7 nitrogen and oxygen atoms in total. The van der Waals surface area contributed by atoms with Gasteiger partial charge >= 0.3 is 11.9 Å². The summed E-state index contributed by atoms with van der Waals surface area (Å²) in [5.41, 5.74) is -0.369. The molecule has 22 heavy (non-hydrogen) atoms. The minimum Gasteiger partial charge on any atom is -0.478 e. The van der Waals surface area contributed by atoms with Crippen molar-refractivity contribution in [1.82, 2.24) is 4.90 Å². The molecule has 0 saturated heterocycles. The van der Waals surface area contributed by atoms with Crippen LogP contribution in [0.3, 0.4) is 0 Å². The third-order valence-corrected chi connectivity index (χ3v) is 2.94. The Morgan fingerprint density at radius 2 is 1.73 bits per heavy atom. The lowest BCUT2D eigenvalue weighted by molar-refractivity contribution is -0.141. The van der Waals surface area contributed by atoms with Crippen molar-refractivity contribution in [3.63, 3.8) is 0 Å². The first-order chi connectivity index (χ1) is 10.5. The monoisotopic (exact) mass is 303 g/mol. The molecule has 1 aromatic carbocycles. The summed E-state index contributed by atoms with van der Waals surface area (Å²) in [7, 11) is 0. The number of nitrogens with zero attached hydrogens (tertiary/aromatic N) is 1. The Kier molecular flexibility index (Phi) is 4.36. The van der Waals surface area contributed by atoms with Gasteiger partial charge in [0.25, 0.3) is 11.8 Å². The highest BCUT2D eigenvalue weighted by atomic mass is 16.5. The molecule has 114 valence electrons. The first-order valence-corrected chi connectivity index (χ1v) is 6.57. The molecule has 7 heteroatoms. The average molecular weight is 303 g/mol. The molecule has 0 bridgehead atoms. The van der Waals surface area contributed by atoms with Crippen LogP contribution in [0.25, 0.3) is 0 Å². The molecule has 2 rings (SSSR count). The zero-order valence-corrected chi connectivity index (χ0v) is 11.7. The maximum absolute atomic E-state index is 12.3. The molecule has 0 radical (unpaired) electrons. The number of esters is 1. The maximum Gasteiger partial charge on any atom is 0.355 e. The van der Waals surface area contributed by atoms with E-state index in [1.165, 1.54) is 12.1 Å². The van der Waals surface area contributed by atoms with Gasteiger partial charge in [0.2, 0.25) is 0 Å². The van der Waals surface area contributed by atoms with Crippen molar-refractivity contribution in [1.29, 1.82) is 0 Å². The van der Waals surface area contributed by atoms with Crippen LogP contribution in [0.2, 0.25) is 0 Å². The summed E-state index contributed by atoms with van der Waals surface area (Å²) in [6, 6.07) is 6.02. The molecule has 1 heterocycles. The highest BCUT2D eigenvalue weighted by molar-refractivity contribution is 6.25. The van der Waals surface area contributed by atoms with Gasteiger partial charge in [-0.1, -0.05) is 19.1 Å². The number of hydrogen-bond acceptors (Lipinski definition) is 5. The summed E-state index contributed by atoms with van der Waals surface area (Å²) >= 11 is 0. The van der Waals surface area contributed by atoms with E-state index in [0.717, 1.165) is 0 Å². The van der Waals surface area contributed by atoms with E-state index >= 15 is 0 Å². The number of amides is 2. The van der Waals surface area contributed by atoms with E-state index < -0.39 is 29.5 Å². The lowest BCUT2D eigenvalue weighted by Gasteiger charge is -2.16. The van der Waals surface area contributed by atoms with Crippen LogP contribution in [-0.2, 0) is 14.3 Å². The van der Waals surface area contributed by atoms with Gasteiger partial charge in [0.15, 0.2) is 0 Å². The van der Waals surface area contributed by atoms with Crippen LogP contribution < -0.4 is 0 Å². The van der Waals surface area contributed by atoms with Gasteiger partial charge in [-0.3, -0.25) is 9.59 Å². The van der Waals surface area contributed by atoms with Crippen LogP contribution >= 0.6 is 0 Å². The van der Waals surface area contributed by atoms with E-state index in [4.69, 9.17) is 9.84 Å². The van der Waals surface area contributed by atoms with E-state index in [9.17, 15) is 19.2 Å². The molecule has 0 spiro atoms.